The fourth-order valence-electron chi connectivity index (χ4n) is 3.20. The molecule has 1 aliphatic rings. The van der Waals surface area contributed by atoms with E-state index in [4.69, 9.17) is 0 Å². The first-order valence-corrected chi connectivity index (χ1v) is 7.57. The minimum absolute atomic E-state index is 0.347. The minimum Gasteiger partial charge on any atom is -0.0619 e. The number of hydrogen-bond acceptors (Lipinski definition) is 0. The maximum atomic E-state index is 3.59. The first kappa shape index (κ1) is 11.9. The second-order valence-corrected chi connectivity index (χ2v) is 6.08. The molecule has 3 aromatic carbocycles. The van der Waals surface area contributed by atoms with Crippen molar-refractivity contribution in [2.24, 2.45) is 0 Å². The molecule has 0 fully saturated rings. The summed E-state index contributed by atoms with van der Waals surface area (Å²) >= 11 is 3.59. The van der Waals surface area contributed by atoms with E-state index in [1.165, 1.54) is 27.8 Å². The van der Waals surface area contributed by atoms with Crippen LogP contribution in [0.2, 0.25) is 0 Å². The molecule has 20 heavy (non-hydrogen) atoms. The van der Waals surface area contributed by atoms with E-state index in [-0.39, 0.29) is 0 Å². The van der Waals surface area contributed by atoms with Crippen molar-refractivity contribution in [2.45, 2.75) is 5.92 Å². The smallest absolute Gasteiger partial charge is 0.0352 e. The van der Waals surface area contributed by atoms with Gasteiger partial charge in [0.15, 0.2) is 0 Å². The van der Waals surface area contributed by atoms with Crippen molar-refractivity contribution in [1.29, 1.82) is 0 Å². The molecule has 1 heteroatoms. The molecule has 3 aromatic rings. The molecule has 0 aliphatic heterocycles. The number of benzene rings is 3. The standard InChI is InChI=1S/C19H13Br/c20-14-7-5-6-13(12-14)19-17-10-3-1-8-15(17)16-9-2-4-11-18(16)19/h1-12,19H. The highest BCUT2D eigenvalue weighted by molar-refractivity contribution is 9.10. The van der Waals surface area contributed by atoms with Crippen molar-refractivity contribution in [1.82, 2.24) is 0 Å². The molecule has 0 saturated heterocycles. The summed E-state index contributed by atoms with van der Waals surface area (Å²) in [5, 5.41) is 0. The second kappa shape index (κ2) is 4.60. The number of hydrogen-bond donors (Lipinski definition) is 0. The molecule has 0 aromatic heterocycles. The Morgan fingerprint density at radius 3 is 1.85 bits per heavy atom. The van der Waals surface area contributed by atoms with Crippen LogP contribution in [0.1, 0.15) is 22.6 Å². The van der Waals surface area contributed by atoms with Gasteiger partial charge in [-0.1, -0.05) is 76.6 Å². The van der Waals surface area contributed by atoms with E-state index in [1.807, 2.05) is 0 Å². The Hall–Kier alpha value is -1.86. The van der Waals surface area contributed by atoms with Crippen LogP contribution in [-0.4, -0.2) is 0 Å². The molecule has 0 amide bonds. The van der Waals surface area contributed by atoms with Crippen LogP contribution < -0.4 is 0 Å². The van der Waals surface area contributed by atoms with Crippen LogP contribution >= 0.6 is 15.9 Å². The first-order valence-electron chi connectivity index (χ1n) is 6.78. The quantitative estimate of drug-likeness (QED) is 0.427. The zero-order chi connectivity index (χ0) is 13.5. The molecule has 4 rings (SSSR count). The summed E-state index contributed by atoms with van der Waals surface area (Å²) in [4.78, 5) is 0. The van der Waals surface area contributed by atoms with Crippen LogP contribution in [0.3, 0.4) is 0 Å². The Labute approximate surface area is 127 Å². The predicted octanol–water partition coefficient (Wildman–Crippen LogP) is 5.61. The molecule has 1 aliphatic carbocycles. The second-order valence-electron chi connectivity index (χ2n) is 5.16. The Morgan fingerprint density at radius 2 is 1.25 bits per heavy atom. The molecule has 0 bridgehead atoms. The topological polar surface area (TPSA) is 0 Å². The van der Waals surface area contributed by atoms with Crippen LogP contribution in [-0.2, 0) is 0 Å². The van der Waals surface area contributed by atoms with Crippen molar-refractivity contribution in [3.63, 3.8) is 0 Å². The fraction of sp³-hybridized carbons (Fsp3) is 0.0526. The van der Waals surface area contributed by atoms with Gasteiger partial charge in [-0.15, -0.1) is 0 Å². The van der Waals surface area contributed by atoms with Crippen molar-refractivity contribution in [3.8, 4) is 11.1 Å². The molecule has 0 radical (unpaired) electrons. The molecule has 0 spiro atoms. The van der Waals surface area contributed by atoms with E-state index in [0.717, 1.165) is 4.47 Å². The molecule has 0 saturated carbocycles. The normalized spacial score (nSPS) is 13.1. The molecule has 0 nitrogen and oxygen atoms in total. The molecule has 0 atom stereocenters. The van der Waals surface area contributed by atoms with E-state index in [1.54, 1.807) is 0 Å². The highest BCUT2D eigenvalue weighted by atomic mass is 79.9. The van der Waals surface area contributed by atoms with Crippen molar-refractivity contribution in [3.05, 3.63) is 94.0 Å². The third-order valence-corrected chi connectivity index (χ3v) is 4.51. The highest BCUT2D eigenvalue weighted by Gasteiger charge is 2.28. The van der Waals surface area contributed by atoms with Crippen molar-refractivity contribution < 1.29 is 0 Å². The van der Waals surface area contributed by atoms with Crippen LogP contribution in [0.5, 0.6) is 0 Å². The lowest BCUT2D eigenvalue weighted by atomic mass is 9.89. The Morgan fingerprint density at radius 1 is 0.650 bits per heavy atom. The molecule has 0 unspecified atom stereocenters. The van der Waals surface area contributed by atoms with E-state index in [0.29, 0.717) is 5.92 Å². The average Bonchev–Trinajstić information content (AvgIpc) is 2.82. The van der Waals surface area contributed by atoms with Gasteiger partial charge in [0.25, 0.3) is 0 Å². The van der Waals surface area contributed by atoms with Crippen LogP contribution in [0.25, 0.3) is 11.1 Å². The van der Waals surface area contributed by atoms with E-state index < -0.39 is 0 Å². The Balaban J connectivity index is 2.00. The summed E-state index contributed by atoms with van der Waals surface area (Å²) in [5.74, 6) is 0.347. The third kappa shape index (κ3) is 1.74. The van der Waals surface area contributed by atoms with Crippen LogP contribution in [0.4, 0.5) is 0 Å². The Kier molecular flexibility index (Phi) is 2.75. The van der Waals surface area contributed by atoms with Gasteiger partial charge < -0.3 is 0 Å². The largest absolute Gasteiger partial charge is 0.0619 e. The van der Waals surface area contributed by atoms with Gasteiger partial charge in [0.1, 0.15) is 0 Å². The van der Waals surface area contributed by atoms with Gasteiger partial charge in [0, 0.05) is 10.4 Å². The van der Waals surface area contributed by atoms with Gasteiger partial charge in [-0.05, 0) is 39.9 Å². The fourth-order valence-corrected chi connectivity index (χ4v) is 3.62. The SMILES string of the molecule is Brc1cccc(C2c3ccccc3-c3ccccc32)c1. The van der Waals surface area contributed by atoms with Gasteiger partial charge in [-0.25, -0.2) is 0 Å². The van der Waals surface area contributed by atoms with Gasteiger partial charge in [0.05, 0.1) is 0 Å². The zero-order valence-corrected chi connectivity index (χ0v) is 12.5. The van der Waals surface area contributed by atoms with Gasteiger partial charge >= 0.3 is 0 Å². The minimum atomic E-state index is 0.347. The van der Waals surface area contributed by atoms with E-state index in [2.05, 4.69) is 88.7 Å². The number of halogens is 1. The predicted molar refractivity (Wildman–Crippen MR) is 87.0 cm³/mol. The maximum Gasteiger partial charge on any atom is 0.0352 e. The summed E-state index contributed by atoms with van der Waals surface area (Å²) < 4.78 is 1.14. The molecular formula is C19H13Br. The highest BCUT2D eigenvalue weighted by Crippen LogP contribution is 2.47. The third-order valence-electron chi connectivity index (χ3n) is 4.02. The van der Waals surface area contributed by atoms with Gasteiger partial charge in [-0.3, -0.25) is 0 Å². The monoisotopic (exact) mass is 320 g/mol. The van der Waals surface area contributed by atoms with E-state index >= 15 is 0 Å². The molecule has 0 N–H and O–H groups in total. The molecule has 0 heterocycles. The Bertz CT molecular complexity index is 744. The summed E-state index contributed by atoms with van der Waals surface area (Å²) in [5.41, 5.74) is 6.90. The number of fused-ring (bicyclic) bond motifs is 3. The lowest BCUT2D eigenvalue weighted by Gasteiger charge is -2.14. The van der Waals surface area contributed by atoms with Crippen LogP contribution in [0.15, 0.2) is 77.3 Å². The van der Waals surface area contributed by atoms with Gasteiger partial charge in [0.2, 0.25) is 0 Å². The lowest BCUT2D eigenvalue weighted by Crippen LogP contribution is -1.98. The van der Waals surface area contributed by atoms with Gasteiger partial charge in [-0.2, -0.15) is 0 Å². The lowest BCUT2D eigenvalue weighted by molar-refractivity contribution is 1.01. The summed E-state index contributed by atoms with van der Waals surface area (Å²) in [6, 6.07) is 26.1. The maximum absolute atomic E-state index is 3.59. The average molecular weight is 321 g/mol. The summed E-state index contributed by atoms with van der Waals surface area (Å²) in [7, 11) is 0. The number of rotatable bonds is 1. The van der Waals surface area contributed by atoms with Crippen molar-refractivity contribution >= 4 is 15.9 Å². The summed E-state index contributed by atoms with van der Waals surface area (Å²) in [6.07, 6.45) is 0. The summed E-state index contributed by atoms with van der Waals surface area (Å²) in [6.45, 7) is 0. The first-order chi connectivity index (χ1) is 9.84. The molecule has 96 valence electrons. The van der Waals surface area contributed by atoms with E-state index in [9.17, 15) is 0 Å². The van der Waals surface area contributed by atoms with Crippen LogP contribution in [0, 0.1) is 0 Å². The zero-order valence-electron chi connectivity index (χ0n) is 10.9. The van der Waals surface area contributed by atoms with Crippen molar-refractivity contribution in [2.75, 3.05) is 0 Å². The molecular weight excluding hydrogens is 308 g/mol.